The Morgan fingerprint density at radius 1 is 1.42 bits per heavy atom. The molecule has 1 aromatic heterocycles. The molecule has 19 heavy (non-hydrogen) atoms. The summed E-state index contributed by atoms with van der Waals surface area (Å²) < 4.78 is 1.09. The molecule has 0 radical (unpaired) electrons. The van der Waals surface area contributed by atoms with Crippen molar-refractivity contribution in [2.45, 2.75) is 19.8 Å². The molecule has 0 bridgehead atoms. The number of carbonyl (C=O) groups is 1. The van der Waals surface area contributed by atoms with Crippen molar-refractivity contribution in [1.82, 2.24) is 4.90 Å². The lowest BCUT2D eigenvalue weighted by Gasteiger charge is -2.20. The highest BCUT2D eigenvalue weighted by Gasteiger charge is 2.28. The monoisotopic (exact) mass is 274 g/mol. The zero-order valence-corrected chi connectivity index (χ0v) is 11.9. The first-order valence-electron chi connectivity index (χ1n) is 6.77. The molecule has 3 nitrogen and oxygen atoms in total. The van der Waals surface area contributed by atoms with Gasteiger partial charge in [0.15, 0.2) is 0 Å². The third kappa shape index (κ3) is 2.32. The van der Waals surface area contributed by atoms with Gasteiger partial charge >= 0.3 is 0 Å². The number of benzene rings is 1. The predicted octanol–water partition coefficient (Wildman–Crippen LogP) is 3.36. The summed E-state index contributed by atoms with van der Waals surface area (Å²) in [4.78, 5) is 15.2. The number of anilines is 1. The minimum absolute atomic E-state index is 0.0908. The first kappa shape index (κ1) is 12.5. The van der Waals surface area contributed by atoms with E-state index in [4.69, 9.17) is 5.73 Å². The molecule has 0 unspecified atom stereocenters. The minimum Gasteiger partial charge on any atom is -0.397 e. The van der Waals surface area contributed by atoms with Crippen molar-refractivity contribution in [3.05, 3.63) is 29.1 Å². The second-order valence-electron chi connectivity index (χ2n) is 5.13. The van der Waals surface area contributed by atoms with Crippen LogP contribution < -0.4 is 5.73 Å². The van der Waals surface area contributed by atoms with Crippen molar-refractivity contribution in [2.75, 3.05) is 18.8 Å². The number of carbonyl (C=O) groups excluding carboxylic acids is 1. The fourth-order valence-electron chi connectivity index (χ4n) is 2.34. The van der Waals surface area contributed by atoms with E-state index in [1.807, 2.05) is 36.1 Å². The molecule has 1 amide bonds. The third-order valence-electron chi connectivity index (χ3n) is 3.67. The zero-order chi connectivity index (χ0) is 13.4. The molecule has 1 aliphatic rings. The van der Waals surface area contributed by atoms with E-state index in [1.54, 1.807) is 0 Å². The normalized spacial score (nSPS) is 14.8. The van der Waals surface area contributed by atoms with Crippen LogP contribution in [-0.2, 0) is 0 Å². The van der Waals surface area contributed by atoms with E-state index in [-0.39, 0.29) is 5.91 Å². The van der Waals surface area contributed by atoms with E-state index < -0.39 is 0 Å². The van der Waals surface area contributed by atoms with Crippen molar-refractivity contribution in [1.29, 1.82) is 0 Å². The Bertz CT molecular complexity index is 616. The predicted molar refractivity (Wildman–Crippen MR) is 80.5 cm³/mol. The molecule has 0 spiro atoms. The Kier molecular flexibility index (Phi) is 3.19. The molecule has 1 saturated carbocycles. The van der Waals surface area contributed by atoms with E-state index in [1.165, 1.54) is 24.2 Å². The molecule has 3 rings (SSSR count). The van der Waals surface area contributed by atoms with Gasteiger partial charge in [0.05, 0.1) is 5.69 Å². The molecular weight excluding hydrogens is 256 g/mol. The summed E-state index contributed by atoms with van der Waals surface area (Å²) in [6, 6.07) is 7.94. The second-order valence-corrected chi connectivity index (χ2v) is 6.18. The Balaban J connectivity index is 1.93. The molecule has 0 aliphatic heterocycles. The molecular formula is C15H18N2OS. The Morgan fingerprint density at radius 3 is 2.79 bits per heavy atom. The molecule has 4 heteroatoms. The number of hydrogen-bond acceptors (Lipinski definition) is 3. The maximum atomic E-state index is 12.6. The van der Waals surface area contributed by atoms with Gasteiger partial charge in [-0.3, -0.25) is 4.79 Å². The summed E-state index contributed by atoms with van der Waals surface area (Å²) in [6.07, 6.45) is 2.51. The SMILES string of the molecule is CCN(CC1CC1)C(=O)c1sc2ccccc2c1N. The first-order valence-corrected chi connectivity index (χ1v) is 7.58. The van der Waals surface area contributed by atoms with Gasteiger partial charge in [0.2, 0.25) is 0 Å². The number of nitrogen functional groups attached to an aromatic ring is 1. The van der Waals surface area contributed by atoms with Gasteiger partial charge < -0.3 is 10.6 Å². The summed E-state index contributed by atoms with van der Waals surface area (Å²) in [5, 5.41) is 0.998. The molecule has 0 saturated heterocycles. The van der Waals surface area contributed by atoms with Crippen LogP contribution in [0.5, 0.6) is 0 Å². The quantitative estimate of drug-likeness (QED) is 0.929. The van der Waals surface area contributed by atoms with Crippen molar-refractivity contribution in [2.24, 2.45) is 5.92 Å². The summed E-state index contributed by atoms with van der Waals surface area (Å²) in [5.74, 6) is 0.799. The largest absolute Gasteiger partial charge is 0.397 e. The average Bonchev–Trinajstić information content (AvgIpc) is 3.19. The van der Waals surface area contributed by atoms with Crippen LogP contribution in [0.4, 0.5) is 5.69 Å². The summed E-state index contributed by atoms with van der Waals surface area (Å²) in [5.41, 5.74) is 6.78. The van der Waals surface area contributed by atoms with Crippen molar-refractivity contribution < 1.29 is 4.79 Å². The van der Waals surface area contributed by atoms with Gasteiger partial charge in [-0.05, 0) is 31.7 Å². The number of hydrogen-bond donors (Lipinski definition) is 1. The van der Waals surface area contributed by atoms with Crippen LogP contribution >= 0.6 is 11.3 Å². The van der Waals surface area contributed by atoms with Crippen LogP contribution in [0.15, 0.2) is 24.3 Å². The summed E-state index contributed by atoms with van der Waals surface area (Å²) >= 11 is 1.51. The number of fused-ring (bicyclic) bond motifs is 1. The van der Waals surface area contributed by atoms with Crippen LogP contribution in [0.1, 0.15) is 29.4 Å². The molecule has 2 N–H and O–H groups in total. The summed E-state index contributed by atoms with van der Waals surface area (Å²) in [7, 11) is 0. The Hall–Kier alpha value is -1.55. The van der Waals surface area contributed by atoms with Crippen LogP contribution in [0.3, 0.4) is 0 Å². The van der Waals surface area contributed by atoms with E-state index in [9.17, 15) is 4.79 Å². The van der Waals surface area contributed by atoms with E-state index in [0.29, 0.717) is 16.5 Å². The first-order chi connectivity index (χ1) is 9.20. The smallest absolute Gasteiger partial charge is 0.266 e. The van der Waals surface area contributed by atoms with Crippen molar-refractivity contribution in [3.8, 4) is 0 Å². The molecule has 1 aliphatic carbocycles. The van der Waals surface area contributed by atoms with E-state index in [2.05, 4.69) is 0 Å². The number of rotatable bonds is 4. The van der Waals surface area contributed by atoms with Gasteiger partial charge in [-0.25, -0.2) is 0 Å². The Labute approximate surface area is 117 Å². The molecule has 100 valence electrons. The number of amides is 1. The van der Waals surface area contributed by atoms with Gasteiger partial charge in [0.25, 0.3) is 5.91 Å². The lowest BCUT2D eigenvalue weighted by atomic mass is 10.2. The van der Waals surface area contributed by atoms with Gasteiger partial charge in [0.1, 0.15) is 4.88 Å². The maximum absolute atomic E-state index is 12.6. The van der Waals surface area contributed by atoms with Crippen molar-refractivity contribution in [3.63, 3.8) is 0 Å². The fourth-order valence-corrected chi connectivity index (χ4v) is 3.43. The fraction of sp³-hybridized carbons (Fsp3) is 0.400. The van der Waals surface area contributed by atoms with Crippen LogP contribution in [0.2, 0.25) is 0 Å². The second kappa shape index (κ2) is 4.85. The third-order valence-corrected chi connectivity index (χ3v) is 4.85. The van der Waals surface area contributed by atoms with Gasteiger partial charge in [-0.15, -0.1) is 11.3 Å². The highest BCUT2D eigenvalue weighted by molar-refractivity contribution is 7.21. The molecule has 1 heterocycles. The topological polar surface area (TPSA) is 46.3 Å². The molecule has 2 aromatic rings. The van der Waals surface area contributed by atoms with Gasteiger partial charge in [-0.2, -0.15) is 0 Å². The van der Waals surface area contributed by atoms with Gasteiger partial charge in [0, 0.05) is 23.2 Å². The van der Waals surface area contributed by atoms with Crippen LogP contribution in [0.25, 0.3) is 10.1 Å². The summed E-state index contributed by atoms with van der Waals surface area (Å²) in [6.45, 7) is 3.66. The van der Waals surface area contributed by atoms with Crippen molar-refractivity contribution >= 4 is 33.0 Å². The number of nitrogens with zero attached hydrogens (tertiary/aromatic N) is 1. The standard InChI is InChI=1S/C15H18N2OS/c1-2-17(9-10-7-8-10)15(18)14-13(16)11-5-3-4-6-12(11)19-14/h3-6,10H,2,7-9,16H2,1H3. The highest BCUT2D eigenvalue weighted by atomic mass is 32.1. The van der Waals surface area contributed by atoms with E-state index in [0.717, 1.165) is 23.2 Å². The van der Waals surface area contributed by atoms with Crippen LogP contribution in [0, 0.1) is 5.92 Å². The number of thiophene rings is 1. The van der Waals surface area contributed by atoms with Crippen LogP contribution in [-0.4, -0.2) is 23.9 Å². The zero-order valence-electron chi connectivity index (χ0n) is 11.1. The maximum Gasteiger partial charge on any atom is 0.266 e. The lowest BCUT2D eigenvalue weighted by Crippen LogP contribution is -2.32. The van der Waals surface area contributed by atoms with Gasteiger partial charge in [-0.1, -0.05) is 18.2 Å². The molecule has 1 fully saturated rings. The Morgan fingerprint density at radius 2 is 2.16 bits per heavy atom. The molecule has 1 aromatic carbocycles. The van der Waals surface area contributed by atoms with E-state index >= 15 is 0 Å². The highest BCUT2D eigenvalue weighted by Crippen LogP contribution is 2.35. The lowest BCUT2D eigenvalue weighted by molar-refractivity contribution is 0.0763. The number of nitrogens with two attached hydrogens (primary N) is 1. The molecule has 0 atom stereocenters. The minimum atomic E-state index is 0.0908. The average molecular weight is 274 g/mol.